The van der Waals surface area contributed by atoms with Gasteiger partial charge in [-0.3, -0.25) is 0 Å². The number of fused-ring (bicyclic) bond motifs is 2. The molecule has 0 saturated carbocycles. The molecule has 0 unspecified atom stereocenters. The molecular formula is C17H15N. The first-order chi connectivity index (χ1) is 8.92. The van der Waals surface area contributed by atoms with E-state index in [9.17, 15) is 0 Å². The van der Waals surface area contributed by atoms with Gasteiger partial charge in [-0.25, -0.2) is 0 Å². The first kappa shape index (κ1) is 9.95. The molecule has 18 heavy (non-hydrogen) atoms. The molecule has 4 rings (SSSR count). The molecule has 1 nitrogen and oxygen atoms in total. The third kappa shape index (κ3) is 1.40. The Morgan fingerprint density at radius 1 is 0.722 bits per heavy atom. The zero-order valence-corrected chi connectivity index (χ0v) is 10.3. The minimum Gasteiger partial charge on any atom is -0.363 e. The van der Waals surface area contributed by atoms with Crippen molar-refractivity contribution in [3.05, 3.63) is 76.9 Å². The van der Waals surface area contributed by atoms with Crippen LogP contribution in [0.4, 0.5) is 0 Å². The smallest absolute Gasteiger partial charge is 0.0436 e. The van der Waals surface area contributed by atoms with E-state index in [0.717, 1.165) is 19.5 Å². The van der Waals surface area contributed by atoms with Gasteiger partial charge in [-0.15, -0.1) is 0 Å². The van der Waals surface area contributed by atoms with Gasteiger partial charge in [0.15, 0.2) is 0 Å². The molecular weight excluding hydrogens is 218 g/mol. The number of rotatable bonds is 1. The van der Waals surface area contributed by atoms with Gasteiger partial charge in [0.1, 0.15) is 0 Å². The molecule has 2 aromatic rings. The van der Waals surface area contributed by atoms with Crippen molar-refractivity contribution >= 4 is 5.70 Å². The Labute approximate surface area is 107 Å². The summed E-state index contributed by atoms with van der Waals surface area (Å²) in [6.45, 7) is 2.10. The van der Waals surface area contributed by atoms with Crippen molar-refractivity contribution in [1.29, 1.82) is 0 Å². The average molecular weight is 233 g/mol. The Morgan fingerprint density at radius 2 is 1.33 bits per heavy atom. The van der Waals surface area contributed by atoms with E-state index in [1.807, 2.05) is 0 Å². The third-order valence-electron chi connectivity index (χ3n) is 3.99. The highest BCUT2D eigenvalue weighted by atomic mass is 15.2. The van der Waals surface area contributed by atoms with Crippen LogP contribution in [-0.4, -0.2) is 4.90 Å². The van der Waals surface area contributed by atoms with Gasteiger partial charge < -0.3 is 4.90 Å². The summed E-state index contributed by atoms with van der Waals surface area (Å²) in [6.07, 6.45) is 3.45. The molecule has 0 spiro atoms. The molecule has 0 fully saturated rings. The number of hydrogen-bond acceptors (Lipinski definition) is 1. The van der Waals surface area contributed by atoms with E-state index >= 15 is 0 Å². The van der Waals surface area contributed by atoms with Crippen LogP contribution in [0.2, 0.25) is 0 Å². The summed E-state index contributed by atoms with van der Waals surface area (Å²) in [6, 6.07) is 17.5. The van der Waals surface area contributed by atoms with Crippen LogP contribution in [0.3, 0.4) is 0 Å². The Kier molecular flexibility index (Phi) is 2.07. The molecule has 2 aliphatic rings. The molecule has 0 aromatic heterocycles. The Balaban J connectivity index is 1.69. The fourth-order valence-electron chi connectivity index (χ4n) is 3.07. The van der Waals surface area contributed by atoms with Crippen molar-refractivity contribution in [1.82, 2.24) is 4.90 Å². The van der Waals surface area contributed by atoms with Crippen molar-refractivity contribution in [2.24, 2.45) is 0 Å². The van der Waals surface area contributed by atoms with E-state index in [-0.39, 0.29) is 0 Å². The summed E-state index contributed by atoms with van der Waals surface area (Å²) in [7, 11) is 0. The van der Waals surface area contributed by atoms with Gasteiger partial charge in [0, 0.05) is 24.4 Å². The first-order valence-corrected chi connectivity index (χ1v) is 6.52. The minimum atomic E-state index is 1.05. The highest BCUT2D eigenvalue weighted by Crippen LogP contribution is 2.35. The molecule has 0 amide bonds. The van der Waals surface area contributed by atoms with Crippen molar-refractivity contribution in [2.45, 2.75) is 19.5 Å². The van der Waals surface area contributed by atoms with Crippen LogP contribution in [0.1, 0.15) is 22.3 Å². The zero-order valence-electron chi connectivity index (χ0n) is 10.3. The van der Waals surface area contributed by atoms with Gasteiger partial charge in [0.25, 0.3) is 0 Å². The second-order valence-electron chi connectivity index (χ2n) is 5.08. The number of nitrogens with zero attached hydrogens (tertiary/aromatic N) is 1. The maximum atomic E-state index is 2.50. The molecule has 0 saturated heterocycles. The second kappa shape index (κ2) is 3.74. The van der Waals surface area contributed by atoms with Crippen molar-refractivity contribution < 1.29 is 0 Å². The highest BCUT2D eigenvalue weighted by Gasteiger charge is 2.24. The van der Waals surface area contributed by atoms with E-state index in [1.165, 1.54) is 28.0 Å². The van der Waals surface area contributed by atoms with Crippen LogP contribution in [0, 0.1) is 0 Å². The Hall–Kier alpha value is -2.02. The molecule has 0 radical (unpaired) electrons. The van der Waals surface area contributed by atoms with Crippen LogP contribution in [-0.2, 0) is 19.5 Å². The zero-order chi connectivity index (χ0) is 11.9. The van der Waals surface area contributed by atoms with Gasteiger partial charge in [-0.05, 0) is 23.1 Å². The first-order valence-electron chi connectivity index (χ1n) is 6.52. The maximum absolute atomic E-state index is 2.50. The predicted octanol–water partition coefficient (Wildman–Crippen LogP) is 3.60. The molecule has 88 valence electrons. The number of allylic oxidation sites excluding steroid dienone is 1. The molecule has 1 heterocycles. The quantitative estimate of drug-likeness (QED) is 0.727. The minimum absolute atomic E-state index is 1.05. The van der Waals surface area contributed by atoms with Crippen LogP contribution in [0.25, 0.3) is 5.70 Å². The van der Waals surface area contributed by atoms with Gasteiger partial charge in [-0.2, -0.15) is 0 Å². The summed E-state index contributed by atoms with van der Waals surface area (Å²) in [4.78, 5) is 2.50. The largest absolute Gasteiger partial charge is 0.363 e. The van der Waals surface area contributed by atoms with E-state index in [0.29, 0.717) is 0 Å². The highest BCUT2D eigenvalue weighted by molar-refractivity contribution is 5.72. The van der Waals surface area contributed by atoms with Gasteiger partial charge in [-0.1, -0.05) is 54.6 Å². The van der Waals surface area contributed by atoms with E-state index < -0.39 is 0 Å². The normalized spacial score (nSPS) is 16.4. The lowest BCUT2D eigenvalue weighted by Gasteiger charge is -2.20. The maximum Gasteiger partial charge on any atom is 0.0436 e. The van der Waals surface area contributed by atoms with Gasteiger partial charge in [0.2, 0.25) is 0 Å². The number of hydrogen-bond donors (Lipinski definition) is 0. The molecule has 1 aliphatic heterocycles. The van der Waals surface area contributed by atoms with Crippen molar-refractivity contribution in [2.75, 3.05) is 0 Å². The second-order valence-corrected chi connectivity index (χ2v) is 5.08. The molecule has 1 heteroatoms. The molecule has 1 aliphatic carbocycles. The van der Waals surface area contributed by atoms with Crippen LogP contribution in [0.5, 0.6) is 0 Å². The van der Waals surface area contributed by atoms with Crippen LogP contribution < -0.4 is 0 Å². The van der Waals surface area contributed by atoms with Crippen molar-refractivity contribution in [3.63, 3.8) is 0 Å². The summed E-state index contributed by atoms with van der Waals surface area (Å²) in [5.41, 5.74) is 7.25. The van der Waals surface area contributed by atoms with Gasteiger partial charge >= 0.3 is 0 Å². The van der Waals surface area contributed by atoms with Crippen molar-refractivity contribution in [3.8, 4) is 0 Å². The lowest BCUT2D eigenvalue weighted by Crippen LogP contribution is -2.13. The van der Waals surface area contributed by atoms with Gasteiger partial charge in [0.05, 0.1) is 0 Å². The number of benzene rings is 2. The molecule has 0 bridgehead atoms. The summed E-state index contributed by atoms with van der Waals surface area (Å²) in [5, 5.41) is 0. The molecule has 2 aromatic carbocycles. The predicted molar refractivity (Wildman–Crippen MR) is 73.8 cm³/mol. The lowest BCUT2D eigenvalue weighted by molar-refractivity contribution is 0.423. The Bertz CT molecular complexity index is 615. The molecule has 0 N–H and O–H groups in total. The van der Waals surface area contributed by atoms with E-state index in [4.69, 9.17) is 0 Å². The fraction of sp³-hybridized carbons (Fsp3) is 0.176. The third-order valence-corrected chi connectivity index (χ3v) is 3.99. The standard InChI is InChI=1S/C17H15N/c1-2-7-15-12-18(11-14(15)6-1)17-10-9-13-5-3-4-8-16(13)17/h1-8,10H,9,11-12H2. The summed E-state index contributed by atoms with van der Waals surface area (Å²) < 4.78 is 0. The monoisotopic (exact) mass is 233 g/mol. The lowest BCUT2D eigenvalue weighted by atomic mass is 10.1. The van der Waals surface area contributed by atoms with Crippen LogP contribution >= 0.6 is 0 Å². The van der Waals surface area contributed by atoms with E-state index in [1.54, 1.807) is 0 Å². The fourth-order valence-corrected chi connectivity index (χ4v) is 3.07. The van der Waals surface area contributed by atoms with E-state index in [2.05, 4.69) is 59.5 Å². The summed E-state index contributed by atoms with van der Waals surface area (Å²) in [5.74, 6) is 0. The average Bonchev–Trinajstić information content (AvgIpc) is 3.02. The topological polar surface area (TPSA) is 3.24 Å². The van der Waals surface area contributed by atoms with Crippen LogP contribution in [0.15, 0.2) is 54.6 Å². The Morgan fingerprint density at radius 3 is 2.06 bits per heavy atom. The summed E-state index contributed by atoms with van der Waals surface area (Å²) >= 11 is 0. The SMILES string of the molecule is C1=C(N2Cc3ccccc3C2)c2ccccc2C1. The molecule has 0 atom stereocenters.